The molecule has 1 aromatic carbocycles. The number of halogens is 1. The third-order valence-corrected chi connectivity index (χ3v) is 6.68. The van der Waals surface area contributed by atoms with E-state index in [0.29, 0.717) is 0 Å². The van der Waals surface area contributed by atoms with Crippen LogP contribution in [0.2, 0.25) is 0 Å². The molecule has 2 rings (SSSR count). The molecule has 0 aliphatic carbocycles. The number of alkyl halides is 3. The van der Waals surface area contributed by atoms with E-state index in [1.54, 1.807) is 11.1 Å². The van der Waals surface area contributed by atoms with Crippen molar-refractivity contribution in [2.45, 2.75) is 10.8 Å². The Balaban J connectivity index is 2.34. The van der Waals surface area contributed by atoms with Gasteiger partial charge in [0.15, 0.2) is 0 Å². The van der Waals surface area contributed by atoms with Gasteiger partial charge in [-0.1, -0.05) is 0 Å². The summed E-state index contributed by atoms with van der Waals surface area (Å²) >= 11 is -0.488. The van der Waals surface area contributed by atoms with E-state index in [0.717, 1.165) is 0 Å². The van der Waals surface area contributed by atoms with E-state index in [1.807, 2.05) is 0 Å². The number of benzene rings is 1. The first-order valence-corrected chi connectivity index (χ1v) is 9.16. The van der Waals surface area contributed by atoms with Crippen molar-refractivity contribution in [1.29, 1.82) is 0 Å². The molecule has 0 radical (unpaired) electrons. The predicted molar refractivity (Wildman–Crippen MR) is 58.7 cm³/mol. The number of rotatable bonds is 0. The van der Waals surface area contributed by atoms with E-state index in [4.69, 9.17) is 0 Å². The number of hydrogen-bond acceptors (Lipinski definition) is 0. The summed E-state index contributed by atoms with van der Waals surface area (Å²) in [6.45, 7) is 0. The zero-order chi connectivity index (χ0) is 7.68. The summed E-state index contributed by atoms with van der Waals surface area (Å²) in [7, 11) is 0. The second kappa shape index (κ2) is 3.13. The topological polar surface area (TPSA) is 0 Å². The van der Waals surface area contributed by atoms with Crippen LogP contribution >= 0.6 is 19.8 Å². The number of aryl methyl sites for hydroxylation is 1. The third kappa shape index (κ3) is 1.58. The summed E-state index contributed by atoms with van der Waals surface area (Å²) in [5.41, 5.74) is 3.26. The SMILES string of the molecule is CI1CCc2ccccc2C1. The van der Waals surface area contributed by atoms with Crippen LogP contribution in [0.3, 0.4) is 0 Å². The number of fused-ring (bicyclic) bond motifs is 1. The maximum absolute atomic E-state index is 2.50. The fourth-order valence-electron chi connectivity index (χ4n) is 1.51. The quantitative estimate of drug-likeness (QED) is 0.497. The van der Waals surface area contributed by atoms with E-state index in [-0.39, 0.29) is 0 Å². The summed E-state index contributed by atoms with van der Waals surface area (Å²) in [5.74, 6) is 0. The van der Waals surface area contributed by atoms with Crippen molar-refractivity contribution in [3.63, 3.8) is 0 Å². The third-order valence-electron chi connectivity index (χ3n) is 2.18. The molecule has 0 bridgehead atoms. The minimum absolute atomic E-state index is 0.488. The van der Waals surface area contributed by atoms with Crippen molar-refractivity contribution in [3.05, 3.63) is 35.4 Å². The van der Waals surface area contributed by atoms with Crippen LogP contribution in [0.1, 0.15) is 11.1 Å². The van der Waals surface area contributed by atoms with Gasteiger partial charge in [-0.25, -0.2) is 0 Å². The first-order valence-electron chi connectivity index (χ1n) is 3.95. The standard InChI is InChI=1S/C10H13I/c1-11-7-6-9-4-2-3-5-10(9)8-11/h2-5H,6-8H2,1H3. The monoisotopic (exact) mass is 260 g/mol. The summed E-state index contributed by atoms with van der Waals surface area (Å²) in [5, 5.41) is 0. The molecule has 0 saturated heterocycles. The Labute approximate surface area is 75.4 Å². The zero-order valence-electron chi connectivity index (χ0n) is 6.81. The maximum atomic E-state index is 2.50. The molecule has 0 nitrogen and oxygen atoms in total. The Morgan fingerprint density at radius 3 is 2.73 bits per heavy atom. The van der Waals surface area contributed by atoms with Crippen LogP contribution in [0.5, 0.6) is 0 Å². The molecule has 1 aliphatic rings. The molecule has 0 aromatic heterocycles. The molecule has 1 aliphatic heterocycles. The van der Waals surface area contributed by atoms with Gasteiger partial charge in [-0.2, -0.15) is 0 Å². The summed E-state index contributed by atoms with van der Waals surface area (Å²) in [6, 6.07) is 8.94. The Morgan fingerprint density at radius 2 is 1.91 bits per heavy atom. The Hall–Kier alpha value is -0.0500. The van der Waals surface area contributed by atoms with Crippen molar-refractivity contribution in [2.24, 2.45) is 0 Å². The van der Waals surface area contributed by atoms with Crippen molar-refractivity contribution in [2.75, 3.05) is 9.36 Å². The van der Waals surface area contributed by atoms with Crippen LogP contribution in [0.15, 0.2) is 24.3 Å². The van der Waals surface area contributed by atoms with E-state index < -0.39 is 19.8 Å². The van der Waals surface area contributed by atoms with Gasteiger partial charge in [0.25, 0.3) is 0 Å². The molecular weight excluding hydrogens is 247 g/mol. The van der Waals surface area contributed by atoms with E-state index in [2.05, 4.69) is 29.2 Å². The Morgan fingerprint density at radius 1 is 1.18 bits per heavy atom. The fourth-order valence-corrected chi connectivity index (χ4v) is 5.54. The molecule has 0 fully saturated rings. The minimum atomic E-state index is -0.488. The van der Waals surface area contributed by atoms with Gasteiger partial charge in [-0.15, -0.1) is 0 Å². The van der Waals surface area contributed by atoms with Gasteiger partial charge in [-0.05, 0) is 0 Å². The molecule has 0 N–H and O–H groups in total. The van der Waals surface area contributed by atoms with Crippen LogP contribution in [0, 0.1) is 0 Å². The van der Waals surface area contributed by atoms with Gasteiger partial charge >= 0.3 is 75.4 Å². The molecule has 1 aromatic rings. The predicted octanol–water partition coefficient (Wildman–Crippen LogP) is 2.88. The van der Waals surface area contributed by atoms with Crippen LogP contribution in [0.25, 0.3) is 0 Å². The van der Waals surface area contributed by atoms with Crippen molar-refractivity contribution < 1.29 is 0 Å². The zero-order valence-corrected chi connectivity index (χ0v) is 8.97. The van der Waals surface area contributed by atoms with Gasteiger partial charge in [0.2, 0.25) is 0 Å². The fraction of sp³-hybridized carbons (Fsp3) is 0.400. The van der Waals surface area contributed by atoms with Gasteiger partial charge in [0.1, 0.15) is 0 Å². The molecule has 0 spiro atoms. The van der Waals surface area contributed by atoms with Gasteiger partial charge in [0.05, 0.1) is 0 Å². The first kappa shape index (κ1) is 7.59. The van der Waals surface area contributed by atoms with Crippen LogP contribution in [-0.4, -0.2) is 9.36 Å². The van der Waals surface area contributed by atoms with E-state index >= 15 is 0 Å². The summed E-state index contributed by atoms with van der Waals surface area (Å²) in [6.07, 6.45) is 1.36. The van der Waals surface area contributed by atoms with Crippen LogP contribution in [0.4, 0.5) is 0 Å². The Bertz CT molecular complexity index is 255. The molecule has 0 unspecified atom stereocenters. The molecule has 11 heavy (non-hydrogen) atoms. The molecule has 0 amide bonds. The van der Waals surface area contributed by atoms with Crippen molar-refractivity contribution in [1.82, 2.24) is 0 Å². The van der Waals surface area contributed by atoms with Gasteiger partial charge < -0.3 is 0 Å². The molecule has 0 saturated carbocycles. The van der Waals surface area contributed by atoms with Crippen molar-refractivity contribution in [3.8, 4) is 0 Å². The molecule has 1 heteroatoms. The van der Waals surface area contributed by atoms with E-state index in [1.165, 1.54) is 15.3 Å². The average molecular weight is 260 g/mol. The normalized spacial score (nSPS) is 19.5. The molecule has 0 atom stereocenters. The van der Waals surface area contributed by atoms with Gasteiger partial charge in [0, 0.05) is 0 Å². The first-order chi connectivity index (χ1) is 5.36. The van der Waals surface area contributed by atoms with E-state index in [9.17, 15) is 0 Å². The molecular formula is C10H13I. The van der Waals surface area contributed by atoms with Crippen molar-refractivity contribution >= 4 is 19.8 Å². The summed E-state index contributed by atoms with van der Waals surface area (Å²) in [4.78, 5) is 2.50. The second-order valence-electron chi connectivity index (χ2n) is 3.06. The number of hydrogen-bond donors (Lipinski definition) is 0. The average Bonchev–Trinajstić information content (AvgIpc) is 2.04. The Kier molecular flexibility index (Phi) is 2.16. The molecule has 60 valence electrons. The molecule has 1 heterocycles. The van der Waals surface area contributed by atoms with Gasteiger partial charge in [-0.3, -0.25) is 0 Å². The second-order valence-corrected chi connectivity index (χ2v) is 9.04. The van der Waals surface area contributed by atoms with Crippen LogP contribution in [-0.2, 0) is 10.8 Å². The van der Waals surface area contributed by atoms with Crippen LogP contribution < -0.4 is 0 Å². The summed E-state index contributed by atoms with van der Waals surface area (Å²) < 4.78 is 2.97.